The average molecular weight is 509 g/mol. The average Bonchev–Trinajstić information content (AvgIpc) is 3.47. The molecule has 0 bridgehead atoms. The topological polar surface area (TPSA) is 106 Å². The number of para-hydroxylation sites is 2. The Bertz CT molecular complexity index is 1740. The molecule has 2 N–H and O–H groups in total. The number of nitrogens with one attached hydrogen (secondary N) is 1. The summed E-state index contributed by atoms with van der Waals surface area (Å²) in [5.74, 6) is 1.58. The molecule has 8 nitrogen and oxygen atoms in total. The standard InChI is InChI=1S/C30H28N4O4/c1-3-7-26-31-28-20(16-35)8-6-10-24(28)34(26)15-19-12-13-22-21(14-19)17-37-25-11-5-4-9-23(25)27(22)18(2)29-32-30(36)38-33-29/h4-6,8-14,35H,3,7,15-17H2,1-2H3,(H,32,33,36)/b27-18+. The number of hydrogen-bond donors (Lipinski definition) is 2. The molecule has 0 unspecified atom stereocenters. The van der Waals surface area contributed by atoms with E-state index in [9.17, 15) is 9.90 Å². The number of allylic oxidation sites excluding steroid dienone is 1. The molecule has 3 aromatic carbocycles. The molecule has 38 heavy (non-hydrogen) atoms. The van der Waals surface area contributed by atoms with Gasteiger partial charge in [0, 0.05) is 29.7 Å². The van der Waals surface area contributed by atoms with E-state index >= 15 is 0 Å². The van der Waals surface area contributed by atoms with Crippen LogP contribution in [0.5, 0.6) is 5.75 Å². The van der Waals surface area contributed by atoms with E-state index in [0.717, 1.165) is 74.4 Å². The lowest BCUT2D eigenvalue weighted by Crippen LogP contribution is -2.07. The number of imidazole rings is 1. The number of aliphatic hydroxyl groups excluding tert-OH is 1. The van der Waals surface area contributed by atoms with Gasteiger partial charge in [-0.3, -0.25) is 9.51 Å². The van der Waals surface area contributed by atoms with Gasteiger partial charge in [-0.25, -0.2) is 9.78 Å². The van der Waals surface area contributed by atoms with Gasteiger partial charge in [0.15, 0.2) is 5.82 Å². The van der Waals surface area contributed by atoms with E-state index in [-0.39, 0.29) is 6.61 Å². The number of aromatic nitrogens is 4. The Kier molecular flexibility index (Phi) is 6.17. The van der Waals surface area contributed by atoms with Gasteiger partial charge in [0.05, 0.1) is 17.6 Å². The number of benzene rings is 3. The minimum atomic E-state index is -0.589. The van der Waals surface area contributed by atoms with E-state index in [4.69, 9.17) is 14.2 Å². The molecule has 0 fully saturated rings. The van der Waals surface area contributed by atoms with Crippen LogP contribution in [0.1, 0.15) is 59.7 Å². The molecule has 3 heterocycles. The van der Waals surface area contributed by atoms with E-state index in [1.54, 1.807) is 0 Å². The lowest BCUT2D eigenvalue weighted by atomic mass is 9.89. The fourth-order valence-electron chi connectivity index (χ4n) is 5.28. The summed E-state index contributed by atoms with van der Waals surface area (Å²) in [7, 11) is 0. The van der Waals surface area contributed by atoms with Crippen molar-refractivity contribution in [2.45, 2.75) is 46.4 Å². The van der Waals surface area contributed by atoms with Gasteiger partial charge in [-0.15, -0.1) is 0 Å². The number of hydrogen-bond acceptors (Lipinski definition) is 6. The van der Waals surface area contributed by atoms with E-state index < -0.39 is 5.76 Å². The van der Waals surface area contributed by atoms with Gasteiger partial charge >= 0.3 is 5.76 Å². The Morgan fingerprint density at radius 2 is 1.97 bits per heavy atom. The van der Waals surface area contributed by atoms with Gasteiger partial charge in [-0.1, -0.05) is 54.5 Å². The maximum Gasteiger partial charge on any atom is 0.439 e. The first kappa shape index (κ1) is 23.9. The number of aliphatic hydroxyl groups is 1. The van der Waals surface area contributed by atoms with Crippen molar-refractivity contribution in [3.05, 3.63) is 111 Å². The fourth-order valence-corrected chi connectivity index (χ4v) is 5.28. The second kappa shape index (κ2) is 9.79. The van der Waals surface area contributed by atoms with Crippen molar-refractivity contribution < 1.29 is 14.4 Å². The maximum atomic E-state index is 11.7. The summed E-state index contributed by atoms with van der Waals surface area (Å²) >= 11 is 0. The molecular formula is C30H28N4O4. The molecule has 0 aliphatic carbocycles. The fraction of sp³-hybridized carbons (Fsp3) is 0.233. The first-order valence-corrected chi connectivity index (χ1v) is 12.8. The molecule has 0 saturated heterocycles. The molecule has 2 aromatic heterocycles. The Balaban J connectivity index is 1.47. The van der Waals surface area contributed by atoms with Crippen molar-refractivity contribution in [1.29, 1.82) is 0 Å². The normalized spacial score (nSPS) is 14.1. The molecule has 6 rings (SSSR count). The molecule has 192 valence electrons. The Morgan fingerprint density at radius 1 is 1.11 bits per heavy atom. The summed E-state index contributed by atoms with van der Waals surface area (Å²) in [6.07, 6.45) is 1.83. The van der Waals surface area contributed by atoms with Gasteiger partial charge in [-0.2, -0.15) is 0 Å². The number of nitrogens with zero attached hydrogens (tertiary/aromatic N) is 3. The van der Waals surface area contributed by atoms with Crippen LogP contribution in [0.25, 0.3) is 22.2 Å². The number of aryl methyl sites for hydroxylation is 1. The zero-order valence-corrected chi connectivity index (χ0v) is 21.3. The molecule has 1 aliphatic rings. The first-order valence-electron chi connectivity index (χ1n) is 12.8. The van der Waals surface area contributed by atoms with Crippen LogP contribution in [-0.4, -0.2) is 24.8 Å². The summed E-state index contributed by atoms with van der Waals surface area (Å²) in [6, 6.07) is 20.3. The van der Waals surface area contributed by atoms with E-state index in [0.29, 0.717) is 19.0 Å². The molecule has 0 amide bonds. The van der Waals surface area contributed by atoms with E-state index in [1.165, 1.54) is 0 Å². The molecule has 0 spiro atoms. The van der Waals surface area contributed by atoms with Crippen molar-refractivity contribution >= 4 is 22.2 Å². The monoisotopic (exact) mass is 508 g/mol. The minimum absolute atomic E-state index is 0.0398. The van der Waals surface area contributed by atoms with E-state index in [1.807, 2.05) is 43.3 Å². The van der Waals surface area contributed by atoms with Crippen LogP contribution in [0, 0.1) is 0 Å². The third-order valence-electron chi connectivity index (χ3n) is 7.08. The lowest BCUT2D eigenvalue weighted by molar-refractivity contribution is 0.283. The number of fused-ring (bicyclic) bond motifs is 3. The highest BCUT2D eigenvalue weighted by molar-refractivity contribution is 5.99. The number of H-pyrrole nitrogens is 1. The second-order valence-corrected chi connectivity index (χ2v) is 9.53. The molecule has 8 heteroatoms. The van der Waals surface area contributed by atoms with Gasteiger partial charge in [0.25, 0.3) is 0 Å². The highest BCUT2D eigenvalue weighted by atomic mass is 16.5. The zero-order valence-electron chi connectivity index (χ0n) is 21.3. The smallest absolute Gasteiger partial charge is 0.439 e. The Morgan fingerprint density at radius 3 is 2.76 bits per heavy atom. The Labute approximate surface area is 219 Å². The van der Waals surface area contributed by atoms with Crippen molar-refractivity contribution in [2.75, 3.05) is 0 Å². The van der Waals surface area contributed by atoms with E-state index in [2.05, 4.69) is 45.9 Å². The summed E-state index contributed by atoms with van der Waals surface area (Å²) < 4.78 is 13.3. The summed E-state index contributed by atoms with van der Waals surface area (Å²) in [5, 5.41) is 13.8. The number of ether oxygens (including phenoxy) is 1. The number of rotatable bonds is 6. The van der Waals surface area contributed by atoms with Gasteiger partial charge in [-0.05, 0) is 53.8 Å². The van der Waals surface area contributed by atoms with Crippen molar-refractivity contribution in [3.63, 3.8) is 0 Å². The van der Waals surface area contributed by atoms with Crippen LogP contribution in [0.15, 0.2) is 70.0 Å². The summed E-state index contributed by atoms with van der Waals surface area (Å²) in [5.41, 5.74) is 8.56. The van der Waals surface area contributed by atoms with Gasteiger partial charge in [0.1, 0.15) is 18.2 Å². The quantitative estimate of drug-likeness (QED) is 0.331. The predicted octanol–water partition coefficient (Wildman–Crippen LogP) is 5.08. The van der Waals surface area contributed by atoms with Crippen LogP contribution in [0.4, 0.5) is 0 Å². The van der Waals surface area contributed by atoms with Gasteiger partial charge in [0.2, 0.25) is 0 Å². The van der Waals surface area contributed by atoms with Crippen molar-refractivity contribution in [3.8, 4) is 5.75 Å². The molecule has 0 atom stereocenters. The Hall–Kier alpha value is -4.43. The SMILES string of the molecule is CCCc1nc2c(CO)cccc2n1Cc1ccc2c(c1)COc1ccccc1/C2=C(\C)c1noc(=O)[nH]1. The van der Waals surface area contributed by atoms with Crippen molar-refractivity contribution in [1.82, 2.24) is 19.7 Å². The minimum Gasteiger partial charge on any atom is -0.488 e. The molecule has 0 saturated carbocycles. The molecule has 1 aliphatic heterocycles. The van der Waals surface area contributed by atoms with Crippen molar-refractivity contribution in [2.24, 2.45) is 0 Å². The lowest BCUT2D eigenvalue weighted by Gasteiger charge is -2.15. The van der Waals surface area contributed by atoms with Crippen LogP contribution in [0.2, 0.25) is 0 Å². The van der Waals surface area contributed by atoms with Gasteiger partial charge < -0.3 is 14.4 Å². The third kappa shape index (κ3) is 4.13. The van der Waals surface area contributed by atoms with Crippen LogP contribution in [-0.2, 0) is 26.2 Å². The van der Waals surface area contributed by atoms with Crippen LogP contribution < -0.4 is 10.5 Å². The highest BCUT2D eigenvalue weighted by Gasteiger charge is 2.23. The summed E-state index contributed by atoms with van der Waals surface area (Å²) in [4.78, 5) is 19.3. The first-order chi connectivity index (χ1) is 18.6. The maximum absolute atomic E-state index is 11.7. The highest BCUT2D eigenvalue weighted by Crippen LogP contribution is 2.40. The molecular weight excluding hydrogens is 480 g/mol. The van der Waals surface area contributed by atoms with Crippen LogP contribution >= 0.6 is 0 Å². The van der Waals surface area contributed by atoms with Crippen LogP contribution in [0.3, 0.4) is 0 Å². The second-order valence-electron chi connectivity index (χ2n) is 9.53. The molecule has 5 aromatic rings. The largest absolute Gasteiger partial charge is 0.488 e. The summed E-state index contributed by atoms with van der Waals surface area (Å²) in [6.45, 7) is 5.09. The zero-order chi connectivity index (χ0) is 26.2. The number of aromatic amines is 1. The predicted molar refractivity (Wildman–Crippen MR) is 145 cm³/mol. The molecule has 0 radical (unpaired) electrons. The third-order valence-corrected chi connectivity index (χ3v) is 7.08.